The number of amides is 3. The number of imide groups is 1. The lowest BCUT2D eigenvalue weighted by atomic mass is 9.76. The number of rotatable bonds is 4. The van der Waals surface area contributed by atoms with Crippen molar-refractivity contribution in [2.45, 2.75) is 53.4 Å². The Bertz CT molecular complexity index is 1270. The van der Waals surface area contributed by atoms with Crippen LogP contribution in [-0.4, -0.2) is 30.2 Å². The van der Waals surface area contributed by atoms with E-state index in [0.717, 1.165) is 36.1 Å². The Balaban J connectivity index is 1.28. The minimum absolute atomic E-state index is 0.0980. The molecule has 1 aliphatic carbocycles. The van der Waals surface area contributed by atoms with Gasteiger partial charge in [-0.3, -0.25) is 19.2 Å². The number of nitrogens with zero attached hydrogens (tertiary/aromatic N) is 2. The van der Waals surface area contributed by atoms with E-state index in [4.69, 9.17) is 4.74 Å². The van der Waals surface area contributed by atoms with Crippen molar-refractivity contribution in [3.63, 3.8) is 0 Å². The zero-order valence-corrected chi connectivity index (χ0v) is 21.2. The molecule has 0 aromatic heterocycles. The van der Waals surface area contributed by atoms with Crippen LogP contribution in [0.15, 0.2) is 36.4 Å². The number of carbonyl (C=O) groups excluding carboxylic acids is 4. The minimum atomic E-state index is -0.564. The first-order valence-corrected chi connectivity index (χ1v) is 12.7. The number of carbonyl (C=O) groups is 4. The van der Waals surface area contributed by atoms with Crippen LogP contribution in [0.3, 0.4) is 0 Å². The summed E-state index contributed by atoms with van der Waals surface area (Å²) in [6.45, 7) is 8.22. The predicted molar refractivity (Wildman–Crippen MR) is 136 cm³/mol. The average Bonchev–Trinajstić information content (AvgIpc) is 3.33. The summed E-state index contributed by atoms with van der Waals surface area (Å²) in [6.07, 6.45) is 2.56. The number of anilines is 2. The molecule has 4 atom stereocenters. The number of ether oxygens (including phenoxy) is 1. The van der Waals surface area contributed by atoms with Gasteiger partial charge in [0.1, 0.15) is 5.75 Å². The van der Waals surface area contributed by atoms with Crippen molar-refractivity contribution >= 4 is 35.1 Å². The second-order valence-electron chi connectivity index (χ2n) is 10.7. The van der Waals surface area contributed by atoms with Crippen molar-refractivity contribution in [2.24, 2.45) is 23.7 Å². The molecule has 7 heteroatoms. The van der Waals surface area contributed by atoms with Crippen molar-refractivity contribution in [2.75, 3.05) is 16.3 Å². The Morgan fingerprint density at radius 1 is 0.889 bits per heavy atom. The van der Waals surface area contributed by atoms with E-state index >= 15 is 0 Å². The SMILES string of the molecule is Cc1ccc(N2C[C@H](C(=O)Oc3ccc(N4C(=O)[C@H]5C[C@H](C)CC[C@H]5C4=O)c(C)c3)CC2=O)cc1C. The molecule has 0 radical (unpaired) electrons. The summed E-state index contributed by atoms with van der Waals surface area (Å²) in [5, 5.41) is 0. The molecule has 5 rings (SSSR count). The zero-order valence-electron chi connectivity index (χ0n) is 21.2. The molecule has 3 fully saturated rings. The Hall–Kier alpha value is -3.48. The van der Waals surface area contributed by atoms with Crippen LogP contribution in [0.5, 0.6) is 5.75 Å². The van der Waals surface area contributed by atoms with Gasteiger partial charge in [-0.1, -0.05) is 13.0 Å². The number of benzene rings is 2. The van der Waals surface area contributed by atoms with E-state index in [1.165, 1.54) is 4.90 Å². The van der Waals surface area contributed by atoms with Gasteiger partial charge in [-0.05, 0) is 93.0 Å². The van der Waals surface area contributed by atoms with Gasteiger partial charge < -0.3 is 9.64 Å². The zero-order chi connectivity index (χ0) is 25.7. The molecule has 7 nitrogen and oxygen atoms in total. The lowest BCUT2D eigenvalue weighted by Gasteiger charge is -2.25. The van der Waals surface area contributed by atoms with Crippen LogP contribution in [-0.2, 0) is 19.2 Å². The van der Waals surface area contributed by atoms with Crippen molar-refractivity contribution in [3.05, 3.63) is 53.1 Å². The lowest BCUT2D eigenvalue weighted by Crippen LogP contribution is -2.31. The molecule has 0 unspecified atom stereocenters. The molecule has 2 saturated heterocycles. The molecule has 188 valence electrons. The molecule has 0 spiro atoms. The summed E-state index contributed by atoms with van der Waals surface area (Å²) in [4.78, 5) is 54.6. The Labute approximate surface area is 211 Å². The molecule has 0 bridgehead atoms. The van der Waals surface area contributed by atoms with Crippen LogP contribution in [0.4, 0.5) is 11.4 Å². The fourth-order valence-electron chi connectivity index (χ4n) is 5.78. The number of fused-ring (bicyclic) bond motifs is 1. The van der Waals surface area contributed by atoms with Crippen LogP contribution >= 0.6 is 0 Å². The molecule has 3 amide bonds. The first-order valence-electron chi connectivity index (χ1n) is 12.7. The highest BCUT2D eigenvalue weighted by molar-refractivity contribution is 6.22. The number of aryl methyl sites for hydroxylation is 3. The van der Waals surface area contributed by atoms with E-state index < -0.39 is 11.9 Å². The standard InChI is InChI=1S/C29H32N2O5/c1-16-5-9-23-24(11-16)28(34)31(27(23)33)25-10-8-22(13-19(25)4)36-29(35)20-14-26(32)30(15-20)21-7-6-17(2)18(3)12-21/h6-8,10,12-13,16,20,23-24H,5,9,11,14-15H2,1-4H3/t16-,20-,23-,24+/m1/s1. The highest BCUT2D eigenvalue weighted by Crippen LogP contribution is 2.43. The van der Waals surface area contributed by atoms with Gasteiger partial charge in [-0.15, -0.1) is 0 Å². The van der Waals surface area contributed by atoms with Crippen molar-refractivity contribution in [1.82, 2.24) is 0 Å². The van der Waals surface area contributed by atoms with Crippen molar-refractivity contribution in [1.29, 1.82) is 0 Å². The monoisotopic (exact) mass is 488 g/mol. The third-order valence-corrected chi connectivity index (χ3v) is 8.08. The molecule has 1 saturated carbocycles. The maximum Gasteiger partial charge on any atom is 0.316 e. The van der Waals surface area contributed by atoms with Gasteiger partial charge in [0, 0.05) is 18.7 Å². The first kappa shape index (κ1) is 24.2. The van der Waals surface area contributed by atoms with Crippen LogP contribution < -0.4 is 14.5 Å². The maximum atomic E-state index is 13.1. The quantitative estimate of drug-likeness (QED) is 0.360. The fraction of sp³-hybridized carbons (Fsp3) is 0.448. The number of hydrogen-bond acceptors (Lipinski definition) is 5. The Morgan fingerprint density at radius 3 is 2.36 bits per heavy atom. The van der Waals surface area contributed by atoms with Gasteiger partial charge in [-0.25, -0.2) is 4.90 Å². The molecule has 0 N–H and O–H groups in total. The fourth-order valence-corrected chi connectivity index (χ4v) is 5.78. The maximum absolute atomic E-state index is 13.1. The summed E-state index contributed by atoms with van der Waals surface area (Å²) in [6, 6.07) is 10.8. The predicted octanol–water partition coefficient (Wildman–Crippen LogP) is 4.50. The minimum Gasteiger partial charge on any atom is -0.426 e. The van der Waals surface area contributed by atoms with E-state index in [2.05, 4.69) is 6.92 Å². The second kappa shape index (κ2) is 9.19. The van der Waals surface area contributed by atoms with Gasteiger partial charge in [0.15, 0.2) is 0 Å². The number of esters is 1. The highest BCUT2D eigenvalue weighted by Gasteiger charge is 2.50. The molecule has 2 aromatic rings. The highest BCUT2D eigenvalue weighted by atomic mass is 16.5. The molecular weight excluding hydrogens is 456 g/mol. The molecular formula is C29H32N2O5. The summed E-state index contributed by atoms with van der Waals surface area (Å²) in [5.41, 5.74) is 4.25. The van der Waals surface area contributed by atoms with Crippen LogP contribution in [0.2, 0.25) is 0 Å². The second-order valence-corrected chi connectivity index (χ2v) is 10.7. The smallest absolute Gasteiger partial charge is 0.316 e. The van der Waals surface area contributed by atoms with Gasteiger partial charge in [0.05, 0.1) is 23.4 Å². The average molecular weight is 489 g/mol. The van der Waals surface area contributed by atoms with E-state index in [-0.39, 0.29) is 42.5 Å². The van der Waals surface area contributed by atoms with Crippen molar-refractivity contribution < 1.29 is 23.9 Å². The number of hydrogen-bond donors (Lipinski definition) is 0. The third kappa shape index (κ3) is 4.21. The van der Waals surface area contributed by atoms with E-state index in [1.54, 1.807) is 30.0 Å². The van der Waals surface area contributed by atoms with Crippen LogP contribution in [0.25, 0.3) is 0 Å². The summed E-state index contributed by atoms with van der Waals surface area (Å²) in [5.74, 6) is -1.07. The van der Waals surface area contributed by atoms with E-state index in [1.807, 2.05) is 32.0 Å². The third-order valence-electron chi connectivity index (χ3n) is 8.08. The van der Waals surface area contributed by atoms with Crippen molar-refractivity contribution in [3.8, 4) is 5.75 Å². The van der Waals surface area contributed by atoms with E-state index in [9.17, 15) is 19.2 Å². The topological polar surface area (TPSA) is 84.0 Å². The Morgan fingerprint density at radius 2 is 1.64 bits per heavy atom. The first-order chi connectivity index (χ1) is 17.1. The largest absolute Gasteiger partial charge is 0.426 e. The van der Waals surface area contributed by atoms with Crippen LogP contribution in [0.1, 0.15) is 49.3 Å². The van der Waals surface area contributed by atoms with Gasteiger partial charge in [0.25, 0.3) is 0 Å². The molecule has 36 heavy (non-hydrogen) atoms. The molecule has 2 aromatic carbocycles. The lowest BCUT2D eigenvalue weighted by molar-refractivity contribution is -0.139. The molecule has 2 heterocycles. The van der Waals surface area contributed by atoms with E-state index in [0.29, 0.717) is 22.9 Å². The molecule has 3 aliphatic rings. The summed E-state index contributed by atoms with van der Waals surface area (Å²) in [7, 11) is 0. The summed E-state index contributed by atoms with van der Waals surface area (Å²) < 4.78 is 5.63. The molecule has 2 aliphatic heterocycles. The summed E-state index contributed by atoms with van der Waals surface area (Å²) >= 11 is 0. The van der Waals surface area contributed by atoms with Gasteiger partial charge in [0.2, 0.25) is 17.7 Å². The normalized spacial score (nSPS) is 25.9. The Kier molecular flexibility index (Phi) is 6.18. The van der Waals surface area contributed by atoms with Gasteiger partial charge in [-0.2, -0.15) is 0 Å². The van der Waals surface area contributed by atoms with Gasteiger partial charge >= 0.3 is 5.97 Å². The van der Waals surface area contributed by atoms with Crippen LogP contribution in [0, 0.1) is 44.4 Å².